The molecule has 1 aromatic carbocycles. The molecule has 2 saturated heterocycles. The summed E-state index contributed by atoms with van der Waals surface area (Å²) >= 11 is 0. The Morgan fingerprint density at radius 2 is 1.79 bits per heavy atom. The summed E-state index contributed by atoms with van der Waals surface area (Å²) in [5.41, 5.74) is 1.06. The number of amides is 1. The SMILES string of the molecule is C/C=C/CCCCC[C@@H]1C=C2[C@@]3(CC(=O)N4CCc5ccccc54)CC4=C(C(=O)OC4=O)[C@@H]4[C@H]1C[C@H](C(=O)CC/C=C/C)O[C@@]24OC3=O. The number of cyclic esters (lactones) is 2. The molecule has 9 heteroatoms. The van der Waals surface area contributed by atoms with Gasteiger partial charge in [0.1, 0.15) is 11.5 Å². The Bertz CT molecular complexity index is 1680. The van der Waals surface area contributed by atoms with Gasteiger partial charge in [-0.1, -0.05) is 61.4 Å². The number of ketones is 1. The van der Waals surface area contributed by atoms with E-state index in [4.69, 9.17) is 14.2 Å². The molecule has 9 nitrogen and oxygen atoms in total. The lowest BCUT2D eigenvalue weighted by Crippen LogP contribution is -2.59. The van der Waals surface area contributed by atoms with Crippen molar-refractivity contribution in [2.45, 2.75) is 96.4 Å². The number of nitrogens with zero attached hydrogens (tertiary/aromatic N) is 1. The highest BCUT2D eigenvalue weighted by atomic mass is 16.7. The number of benzene rings is 1. The predicted molar refractivity (Wildman–Crippen MR) is 176 cm³/mol. The first-order valence-corrected chi connectivity index (χ1v) is 17.5. The van der Waals surface area contributed by atoms with Crippen LogP contribution < -0.4 is 4.90 Å². The second-order valence-electron chi connectivity index (χ2n) is 14.0. The second kappa shape index (κ2) is 12.7. The van der Waals surface area contributed by atoms with E-state index in [0.29, 0.717) is 31.4 Å². The van der Waals surface area contributed by atoms with Gasteiger partial charge in [-0.15, -0.1) is 0 Å². The molecule has 0 unspecified atom stereocenters. The van der Waals surface area contributed by atoms with Crippen LogP contribution in [0.3, 0.4) is 0 Å². The first-order chi connectivity index (χ1) is 23.2. The first kappa shape index (κ1) is 32.4. The zero-order chi connectivity index (χ0) is 33.6. The van der Waals surface area contributed by atoms with Gasteiger partial charge in [0.15, 0.2) is 5.78 Å². The van der Waals surface area contributed by atoms with Crippen molar-refractivity contribution in [2.24, 2.45) is 23.2 Å². The van der Waals surface area contributed by atoms with Gasteiger partial charge in [-0.3, -0.25) is 14.4 Å². The van der Waals surface area contributed by atoms with Crippen molar-refractivity contribution >= 4 is 35.3 Å². The molecular weight excluding hydrogens is 610 g/mol. The molecule has 0 aromatic heterocycles. The summed E-state index contributed by atoms with van der Waals surface area (Å²) < 4.78 is 18.2. The standard InChI is InChI=1S/C39H43NO8/c1-3-5-7-8-9-11-15-25-20-31-38(23-32(42)40-19-18-24-14-12-13-16-28(24)40)22-27-33(36(44)46-35(27)43)34-26(25)21-30(29(41)17-10-6-4-2)47-39(31,34)48-37(38)45/h3-6,12-14,16,20,25-26,30,34H,7-11,15,17-19,21-23H2,1-2H3/b5-3+,6-4+/t25-,26+,30-,34+,38+,39-/m1/s1. The summed E-state index contributed by atoms with van der Waals surface area (Å²) in [5.74, 6) is -5.58. The second-order valence-corrected chi connectivity index (χ2v) is 14.0. The van der Waals surface area contributed by atoms with E-state index in [0.717, 1.165) is 43.4 Å². The van der Waals surface area contributed by atoms with Gasteiger partial charge in [-0.05, 0) is 75.8 Å². The van der Waals surface area contributed by atoms with E-state index in [1.807, 2.05) is 56.3 Å². The van der Waals surface area contributed by atoms with E-state index < -0.39 is 41.1 Å². The third kappa shape index (κ3) is 5.13. The molecule has 1 amide bonds. The van der Waals surface area contributed by atoms with E-state index in [2.05, 4.69) is 12.2 Å². The maximum atomic E-state index is 14.4. The third-order valence-electron chi connectivity index (χ3n) is 11.3. The topological polar surface area (TPSA) is 116 Å². The van der Waals surface area contributed by atoms with Crippen molar-refractivity contribution in [3.63, 3.8) is 0 Å². The summed E-state index contributed by atoms with van der Waals surface area (Å²) in [7, 11) is 0. The minimum atomic E-state index is -1.77. The number of allylic oxidation sites excluding steroid dienone is 5. The minimum absolute atomic E-state index is 0.0981. The van der Waals surface area contributed by atoms with Crippen LogP contribution in [0.1, 0.15) is 83.6 Å². The highest BCUT2D eigenvalue weighted by Gasteiger charge is 2.75. The number of hydrogen-bond acceptors (Lipinski definition) is 8. The van der Waals surface area contributed by atoms with Crippen molar-refractivity contribution in [1.82, 2.24) is 0 Å². The van der Waals surface area contributed by atoms with Crippen LogP contribution in [-0.4, -0.2) is 48.0 Å². The highest BCUT2D eigenvalue weighted by Crippen LogP contribution is 2.67. The monoisotopic (exact) mass is 653 g/mol. The maximum absolute atomic E-state index is 14.4. The van der Waals surface area contributed by atoms with Gasteiger partial charge in [0, 0.05) is 37.1 Å². The quantitative estimate of drug-likeness (QED) is 0.116. The van der Waals surface area contributed by atoms with Crippen LogP contribution in [-0.2, 0) is 44.6 Å². The molecule has 1 spiro atoms. The molecule has 6 atom stereocenters. The number of carbonyl (C=O) groups excluding carboxylic acids is 5. The molecule has 2 fully saturated rings. The molecule has 0 saturated carbocycles. The Morgan fingerprint density at radius 1 is 1.00 bits per heavy atom. The van der Waals surface area contributed by atoms with Crippen LogP contribution in [0.25, 0.3) is 0 Å². The number of rotatable bonds is 12. The Balaban J connectivity index is 1.32. The van der Waals surface area contributed by atoms with Gasteiger partial charge in [0.2, 0.25) is 11.7 Å². The fourth-order valence-corrected chi connectivity index (χ4v) is 9.09. The van der Waals surface area contributed by atoms with E-state index in [1.165, 1.54) is 0 Å². The summed E-state index contributed by atoms with van der Waals surface area (Å²) in [4.78, 5) is 70.9. The number of ether oxygens (including phenoxy) is 3. The first-order valence-electron chi connectivity index (χ1n) is 17.5. The van der Waals surface area contributed by atoms with Crippen LogP contribution in [0, 0.1) is 23.2 Å². The smallest absolute Gasteiger partial charge is 0.343 e. The van der Waals surface area contributed by atoms with Crippen LogP contribution >= 0.6 is 0 Å². The Hall–Kier alpha value is -4.11. The van der Waals surface area contributed by atoms with Gasteiger partial charge in [0.25, 0.3) is 0 Å². The van der Waals surface area contributed by atoms with Crippen LogP contribution in [0.2, 0.25) is 0 Å². The van der Waals surface area contributed by atoms with Crippen molar-refractivity contribution in [1.29, 1.82) is 0 Å². The summed E-state index contributed by atoms with van der Waals surface area (Å²) in [6, 6.07) is 7.70. The number of hydrogen-bond donors (Lipinski definition) is 0. The Labute approximate surface area is 281 Å². The van der Waals surface area contributed by atoms with Crippen molar-refractivity contribution in [2.75, 3.05) is 11.4 Å². The zero-order valence-electron chi connectivity index (χ0n) is 27.7. The molecule has 4 heterocycles. The molecule has 5 bridgehead atoms. The van der Waals surface area contributed by atoms with E-state index in [9.17, 15) is 24.0 Å². The summed E-state index contributed by atoms with van der Waals surface area (Å²) in [5, 5.41) is 0. The number of carbonyl (C=O) groups is 5. The molecule has 252 valence electrons. The molecular formula is C39H43NO8. The van der Waals surface area contributed by atoms with Gasteiger partial charge < -0.3 is 19.1 Å². The zero-order valence-corrected chi connectivity index (χ0v) is 27.7. The fourth-order valence-electron chi connectivity index (χ4n) is 9.09. The molecule has 1 aromatic rings. The highest BCUT2D eigenvalue weighted by molar-refractivity contribution is 6.14. The minimum Gasteiger partial charge on any atom is -0.427 e. The van der Waals surface area contributed by atoms with Crippen LogP contribution in [0.15, 0.2) is 71.4 Å². The van der Waals surface area contributed by atoms with Crippen LogP contribution in [0.4, 0.5) is 5.69 Å². The average molecular weight is 654 g/mol. The third-order valence-corrected chi connectivity index (χ3v) is 11.3. The molecule has 6 aliphatic rings. The summed E-state index contributed by atoms with van der Waals surface area (Å²) in [6.07, 6.45) is 15.3. The van der Waals surface area contributed by atoms with Crippen molar-refractivity contribution in [3.8, 4) is 0 Å². The number of para-hydroxylation sites is 1. The lowest BCUT2D eigenvalue weighted by Gasteiger charge is -2.52. The van der Waals surface area contributed by atoms with E-state index in [-0.39, 0.29) is 53.9 Å². The molecule has 4 aliphatic heterocycles. The van der Waals surface area contributed by atoms with Crippen molar-refractivity contribution in [3.05, 3.63) is 76.9 Å². The van der Waals surface area contributed by atoms with Crippen LogP contribution in [0.5, 0.6) is 0 Å². The largest absolute Gasteiger partial charge is 0.427 e. The molecule has 2 aliphatic carbocycles. The maximum Gasteiger partial charge on any atom is 0.343 e. The van der Waals surface area contributed by atoms with E-state index in [1.54, 1.807) is 4.90 Å². The molecule has 48 heavy (non-hydrogen) atoms. The van der Waals surface area contributed by atoms with Crippen molar-refractivity contribution < 1.29 is 38.2 Å². The van der Waals surface area contributed by atoms with Gasteiger partial charge in [0.05, 0.1) is 17.1 Å². The molecule has 7 rings (SSSR count). The Morgan fingerprint density at radius 3 is 2.60 bits per heavy atom. The Kier molecular flexibility index (Phi) is 8.60. The predicted octanol–water partition coefficient (Wildman–Crippen LogP) is 6.02. The normalized spacial score (nSPS) is 31.6. The number of esters is 3. The number of anilines is 1. The van der Waals surface area contributed by atoms with Gasteiger partial charge >= 0.3 is 17.9 Å². The average Bonchev–Trinajstić information content (AvgIpc) is 3.66. The lowest BCUT2D eigenvalue weighted by molar-refractivity contribution is -0.268. The number of unbranched alkanes of at least 4 members (excludes halogenated alkanes) is 3. The van der Waals surface area contributed by atoms with E-state index >= 15 is 0 Å². The molecule has 0 radical (unpaired) electrons. The lowest BCUT2D eigenvalue weighted by atomic mass is 9.59. The van der Waals surface area contributed by atoms with Gasteiger partial charge in [-0.25, -0.2) is 9.59 Å². The fraction of sp³-hybridized carbons (Fsp3) is 0.513. The molecule has 0 N–H and O–H groups in total. The number of Topliss-reactive ketones (excluding diaryl/α,β-unsaturated/α-hetero) is 1. The summed E-state index contributed by atoms with van der Waals surface area (Å²) in [6.45, 7) is 4.38. The number of fused-ring (bicyclic) bond motifs is 1. The van der Waals surface area contributed by atoms with Gasteiger partial charge in [-0.2, -0.15) is 0 Å².